The molecule has 0 fully saturated rings. The van der Waals surface area contributed by atoms with E-state index in [0.717, 1.165) is 17.7 Å². The van der Waals surface area contributed by atoms with Crippen LogP contribution in [-0.2, 0) is 23.9 Å². The summed E-state index contributed by atoms with van der Waals surface area (Å²) >= 11 is 0. The highest BCUT2D eigenvalue weighted by Gasteiger charge is 2.30. The first-order valence-electron chi connectivity index (χ1n) is 8.22. The Morgan fingerprint density at radius 1 is 1.07 bits per heavy atom. The van der Waals surface area contributed by atoms with Gasteiger partial charge in [-0.1, -0.05) is 47.6 Å². The molecule has 0 saturated carbocycles. The quantitative estimate of drug-likeness (QED) is 0.707. The Hall–Kier alpha value is -3.16. The lowest BCUT2D eigenvalue weighted by Gasteiger charge is -2.09. The number of benzene rings is 2. The standard InChI is InChI=1S/C19H16F3N3O2/c20-19(21,22)15-8-4-5-13(11-15)12-23-16(26)9-10-17-24-18(25-27-17)14-6-2-1-3-7-14/h1-8,11H,9-10,12H2,(H,23,26). The van der Waals surface area contributed by atoms with E-state index in [1.807, 2.05) is 30.3 Å². The molecule has 0 radical (unpaired) electrons. The molecule has 5 nitrogen and oxygen atoms in total. The average Bonchev–Trinajstić information content (AvgIpc) is 3.14. The lowest BCUT2D eigenvalue weighted by Crippen LogP contribution is -2.23. The highest BCUT2D eigenvalue weighted by Crippen LogP contribution is 2.29. The Morgan fingerprint density at radius 2 is 1.85 bits per heavy atom. The number of aromatic nitrogens is 2. The molecule has 0 atom stereocenters. The monoisotopic (exact) mass is 375 g/mol. The first kappa shape index (κ1) is 18.6. The fourth-order valence-corrected chi connectivity index (χ4v) is 2.43. The van der Waals surface area contributed by atoms with Gasteiger partial charge in [-0.05, 0) is 17.7 Å². The zero-order valence-electron chi connectivity index (χ0n) is 14.2. The van der Waals surface area contributed by atoms with E-state index >= 15 is 0 Å². The molecule has 1 heterocycles. The Morgan fingerprint density at radius 3 is 2.59 bits per heavy atom. The predicted octanol–water partition coefficient (Wildman–Crippen LogP) is 4.00. The molecule has 0 saturated heterocycles. The van der Waals surface area contributed by atoms with Crippen LogP contribution in [0, 0.1) is 0 Å². The Kier molecular flexibility index (Phi) is 5.54. The molecule has 27 heavy (non-hydrogen) atoms. The van der Waals surface area contributed by atoms with Gasteiger partial charge in [0, 0.05) is 24.9 Å². The molecule has 0 unspecified atom stereocenters. The summed E-state index contributed by atoms with van der Waals surface area (Å²) in [6.07, 6.45) is -4.07. The van der Waals surface area contributed by atoms with Gasteiger partial charge in [0.15, 0.2) is 0 Å². The van der Waals surface area contributed by atoms with Crippen LogP contribution >= 0.6 is 0 Å². The van der Waals surface area contributed by atoms with E-state index in [1.54, 1.807) is 0 Å². The highest BCUT2D eigenvalue weighted by molar-refractivity contribution is 5.76. The van der Waals surface area contributed by atoms with Gasteiger partial charge in [0.25, 0.3) is 0 Å². The van der Waals surface area contributed by atoms with Gasteiger partial charge in [0.05, 0.1) is 5.56 Å². The largest absolute Gasteiger partial charge is 0.416 e. The third kappa shape index (κ3) is 5.16. The first-order chi connectivity index (χ1) is 12.9. The van der Waals surface area contributed by atoms with Crippen molar-refractivity contribution in [1.29, 1.82) is 0 Å². The Balaban J connectivity index is 1.50. The summed E-state index contributed by atoms with van der Waals surface area (Å²) in [7, 11) is 0. The molecule has 3 rings (SSSR count). The lowest BCUT2D eigenvalue weighted by atomic mass is 10.1. The van der Waals surface area contributed by atoms with Crippen molar-refractivity contribution in [1.82, 2.24) is 15.5 Å². The number of carbonyl (C=O) groups is 1. The molecule has 1 amide bonds. The molecule has 0 spiro atoms. The van der Waals surface area contributed by atoms with Crippen molar-refractivity contribution in [3.05, 3.63) is 71.6 Å². The zero-order valence-corrected chi connectivity index (χ0v) is 14.2. The molecule has 1 N–H and O–H groups in total. The van der Waals surface area contributed by atoms with E-state index in [-0.39, 0.29) is 25.3 Å². The summed E-state index contributed by atoms with van der Waals surface area (Å²) in [6, 6.07) is 14.1. The van der Waals surface area contributed by atoms with Gasteiger partial charge < -0.3 is 9.84 Å². The summed E-state index contributed by atoms with van der Waals surface area (Å²) in [5.41, 5.74) is 0.442. The maximum Gasteiger partial charge on any atom is 0.416 e. The van der Waals surface area contributed by atoms with Crippen LogP contribution in [0.4, 0.5) is 13.2 Å². The van der Waals surface area contributed by atoms with Crippen LogP contribution in [0.25, 0.3) is 11.4 Å². The van der Waals surface area contributed by atoms with Crippen LogP contribution in [0.1, 0.15) is 23.4 Å². The maximum atomic E-state index is 12.7. The Bertz CT molecular complexity index is 908. The highest BCUT2D eigenvalue weighted by atomic mass is 19.4. The van der Waals surface area contributed by atoms with Crippen LogP contribution in [0.3, 0.4) is 0 Å². The molecule has 0 aliphatic rings. The molecule has 0 aliphatic carbocycles. The van der Waals surface area contributed by atoms with E-state index in [0.29, 0.717) is 17.3 Å². The smallest absolute Gasteiger partial charge is 0.352 e. The number of nitrogens with zero attached hydrogens (tertiary/aromatic N) is 2. The second-order valence-electron chi connectivity index (χ2n) is 5.85. The van der Waals surface area contributed by atoms with Crippen molar-refractivity contribution in [3.8, 4) is 11.4 Å². The molecule has 0 aliphatic heterocycles. The van der Waals surface area contributed by atoms with Crippen LogP contribution in [0.15, 0.2) is 59.1 Å². The second-order valence-corrected chi connectivity index (χ2v) is 5.85. The van der Waals surface area contributed by atoms with Gasteiger partial charge in [-0.3, -0.25) is 4.79 Å². The van der Waals surface area contributed by atoms with Gasteiger partial charge in [0.1, 0.15) is 0 Å². The molecular formula is C19H16F3N3O2. The molecule has 140 valence electrons. The summed E-state index contributed by atoms with van der Waals surface area (Å²) < 4.78 is 43.2. The minimum Gasteiger partial charge on any atom is -0.352 e. The molecule has 0 bridgehead atoms. The van der Waals surface area contributed by atoms with Crippen LogP contribution < -0.4 is 5.32 Å². The number of aryl methyl sites for hydroxylation is 1. The number of rotatable bonds is 6. The third-order valence-electron chi connectivity index (χ3n) is 3.81. The molecular weight excluding hydrogens is 359 g/mol. The average molecular weight is 375 g/mol. The van der Waals surface area contributed by atoms with Crippen molar-refractivity contribution in [2.75, 3.05) is 0 Å². The van der Waals surface area contributed by atoms with Crippen molar-refractivity contribution in [2.24, 2.45) is 0 Å². The van der Waals surface area contributed by atoms with E-state index in [1.165, 1.54) is 12.1 Å². The number of hydrogen-bond donors (Lipinski definition) is 1. The minimum absolute atomic E-state index is 0.0157. The van der Waals surface area contributed by atoms with E-state index < -0.39 is 11.7 Å². The van der Waals surface area contributed by atoms with Crippen molar-refractivity contribution in [3.63, 3.8) is 0 Å². The number of hydrogen-bond acceptors (Lipinski definition) is 4. The van der Waals surface area contributed by atoms with Crippen molar-refractivity contribution in [2.45, 2.75) is 25.6 Å². The van der Waals surface area contributed by atoms with Gasteiger partial charge in [0.2, 0.25) is 17.6 Å². The molecule has 1 aromatic heterocycles. The van der Waals surface area contributed by atoms with Crippen molar-refractivity contribution < 1.29 is 22.5 Å². The topological polar surface area (TPSA) is 68.0 Å². The number of halogens is 3. The maximum absolute atomic E-state index is 12.7. The zero-order chi connectivity index (χ0) is 19.3. The molecule has 3 aromatic rings. The van der Waals surface area contributed by atoms with E-state index in [2.05, 4.69) is 15.5 Å². The molecule has 8 heteroatoms. The second kappa shape index (κ2) is 8.03. The Labute approximate surface area is 153 Å². The summed E-state index contributed by atoms with van der Waals surface area (Å²) in [6.45, 7) is 0.0157. The van der Waals surface area contributed by atoms with Crippen LogP contribution in [0.5, 0.6) is 0 Å². The van der Waals surface area contributed by atoms with Crippen molar-refractivity contribution >= 4 is 5.91 Å². The number of amides is 1. The van der Waals surface area contributed by atoms with Gasteiger partial charge in [-0.25, -0.2) is 0 Å². The lowest BCUT2D eigenvalue weighted by molar-refractivity contribution is -0.137. The molecule has 2 aromatic carbocycles. The van der Waals surface area contributed by atoms with Gasteiger partial charge in [-0.15, -0.1) is 0 Å². The predicted molar refractivity (Wildman–Crippen MR) is 91.3 cm³/mol. The fraction of sp³-hybridized carbons (Fsp3) is 0.211. The SMILES string of the molecule is O=C(CCc1nc(-c2ccccc2)no1)NCc1cccc(C(F)(F)F)c1. The van der Waals surface area contributed by atoms with E-state index in [4.69, 9.17) is 4.52 Å². The van der Waals surface area contributed by atoms with Crippen LogP contribution in [-0.4, -0.2) is 16.0 Å². The first-order valence-corrected chi connectivity index (χ1v) is 8.22. The number of nitrogens with one attached hydrogen (secondary N) is 1. The number of carbonyl (C=O) groups excluding carboxylic acids is 1. The number of alkyl halides is 3. The van der Waals surface area contributed by atoms with Gasteiger partial charge >= 0.3 is 6.18 Å². The third-order valence-corrected chi connectivity index (χ3v) is 3.81. The van der Waals surface area contributed by atoms with Crippen LogP contribution in [0.2, 0.25) is 0 Å². The summed E-state index contributed by atoms with van der Waals surface area (Å²) in [5.74, 6) is 0.449. The summed E-state index contributed by atoms with van der Waals surface area (Å²) in [5, 5.41) is 6.46. The normalized spacial score (nSPS) is 11.4. The minimum atomic E-state index is -4.41. The summed E-state index contributed by atoms with van der Waals surface area (Å²) in [4.78, 5) is 16.2. The van der Waals surface area contributed by atoms with E-state index in [9.17, 15) is 18.0 Å². The van der Waals surface area contributed by atoms with Gasteiger partial charge in [-0.2, -0.15) is 18.2 Å². The fourth-order valence-electron chi connectivity index (χ4n) is 2.43.